The Morgan fingerprint density at radius 3 is 2.55 bits per heavy atom. The van der Waals surface area contributed by atoms with Crippen LogP contribution in [-0.4, -0.2) is 47.7 Å². The minimum Gasteiger partial charge on any atom is -0.293 e. The molecule has 6 nitrogen and oxygen atoms in total. The summed E-state index contributed by atoms with van der Waals surface area (Å²) in [6, 6.07) is 8.35. The van der Waals surface area contributed by atoms with E-state index in [1.54, 1.807) is 0 Å². The summed E-state index contributed by atoms with van der Waals surface area (Å²) in [5.41, 5.74) is 5.30. The molecule has 0 aromatic heterocycles. The van der Waals surface area contributed by atoms with Crippen molar-refractivity contribution in [1.82, 2.24) is 15.3 Å². The lowest BCUT2D eigenvalue weighted by Crippen LogP contribution is -2.56. The van der Waals surface area contributed by atoms with Gasteiger partial charge in [0, 0.05) is 18.5 Å². The second kappa shape index (κ2) is 5.07. The Kier molecular flexibility index (Phi) is 3.16. The summed E-state index contributed by atoms with van der Waals surface area (Å²) in [6.07, 6.45) is 2.48. The van der Waals surface area contributed by atoms with E-state index in [9.17, 15) is 4.79 Å². The van der Waals surface area contributed by atoms with E-state index in [0.717, 1.165) is 0 Å². The number of nitrogens with zero attached hydrogens (tertiary/aromatic N) is 3. The van der Waals surface area contributed by atoms with Crippen LogP contribution in [0.5, 0.6) is 0 Å². The molecule has 22 heavy (non-hydrogen) atoms. The van der Waals surface area contributed by atoms with E-state index in [2.05, 4.69) is 22.4 Å². The van der Waals surface area contributed by atoms with Crippen molar-refractivity contribution in [3.05, 3.63) is 35.4 Å². The Labute approximate surface area is 129 Å². The minimum atomic E-state index is -0.260. The zero-order valence-corrected chi connectivity index (χ0v) is 12.7. The van der Waals surface area contributed by atoms with E-state index < -0.39 is 0 Å². The maximum absolute atomic E-state index is 11.6. The van der Waals surface area contributed by atoms with E-state index in [1.165, 1.54) is 37.2 Å². The molecule has 4 heterocycles. The first-order valence-corrected chi connectivity index (χ1v) is 7.85. The number of hydrazine groups is 1. The minimum absolute atomic E-state index is 0.244. The summed E-state index contributed by atoms with van der Waals surface area (Å²) in [7, 11) is 2.05. The average Bonchev–Trinajstić information content (AvgIpc) is 2.94. The first kappa shape index (κ1) is 13.7. The maximum Gasteiger partial charge on any atom is 0.265 e. The van der Waals surface area contributed by atoms with Gasteiger partial charge in [0.1, 0.15) is 0 Å². The van der Waals surface area contributed by atoms with E-state index in [-0.39, 0.29) is 11.9 Å². The number of hydrogen-bond acceptors (Lipinski definition) is 5. The number of nitrogens with two attached hydrogens (primary N) is 1. The number of hydrazone groups is 1. The Morgan fingerprint density at radius 1 is 1.23 bits per heavy atom. The number of piperidine rings is 3. The van der Waals surface area contributed by atoms with Crippen LogP contribution in [0.25, 0.3) is 0 Å². The third kappa shape index (κ3) is 1.94. The van der Waals surface area contributed by atoms with Gasteiger partial charge in [-0.15, -0.1) is 0 Å². The first-order valence-electron chi connectivity index (χ1n) is 7.85. The lowest BCUT2D eigenvalue weighted by Gasteiger charge is -2.46. The van der Waals surface area contributed by atoms with Crippen molar-refractivity contribution in [1.29, 1.82) is 0 Å². The van der Waals surface area contributed by atoms with Gasteiger partial charge in [-0.3, -0.25) is 20.1 Å². The highest BCUT2D eigenvalue weighted by atomic mass is 16.2. The Morgan fingerprint density at radius 2 is 1.91 bits per heavy atom. The van der Waals surface area contributed by atoms with Crippen LogP contribution in [0.2, 0.25) is 0 Å². The van der Waals surface area contributed by atoms with Crippen LogP contribution in [-0.2, 0) is 0 Å². The average molecular weight is 299 g/mol. The number of amides is 1. The van der Waals surface area contributed by atoms with E-state index in [1.807, 2.05) is 24.3 Å². The smallest absolute Gasteiger partial charge is 0.265 e. The van der Waals surface area contributed by atoms with Gasteiger partial charge in [-0.1, -0.05) is 12.1 Å². The van der Waals surface area contributed by atoms with E-state index in [4.69, 9.17) is 10.9 Å². The Hall–Kier alpha value is -1.92. The summed E-state index contributed by atoms with van der Waals surface area (Å²) < 4.78 is 0. The molecule has 3 N–H and O–H groups in total. The predicted octanol–water partition coefficient (Wildman–Crippen LogP) is 0.727. The van der Waals surface area contributed by atoms with Gasteiger partial charge in [-0.05, 0) is 43.6 Å². The van der Waals surface area contributed by atoms with Crippen LogP contribution < -0.4 is 11.3 Å². The normalized spacial score (nSPS) is 32.6. The van der Waals surface area contributed by atoms with Gasteiger partial charge < -0.3 is 0 Å². The molecular weight excluding hydrogens is 278 g/mol. The van der Waals surface area contributed by atoms with Crippen LogP contribution in [0.4, 0.5) is 0 Å². The monoisotopic (exact) mass is 299 g/mol. The summed E-state index contributed by atoms with van der Waals surface area (Å²) in [4.78, 5) is 14.1. The van der Waals surface area contributed by atoms with Crippen LogP contribution in [0.1, 0.15) is 34.8 Å². The number of rotatable bonds is 2. The first-order chi connectivity index (χ1) is 10.7. The molecule has 4 aliphatic heterocycles. The summed E-state index contributed by atoms with van der Waals surface area (Å²) >= 11 is 0. The fraction of sp³-hybridized carbons (Fsp3) is 0.500. The molecular formula is C16H21N5O. The Bertz CT molecular complexity index is 618. The molecule has 4 aliphatic rings. The number of hydrogen-bond donors (Lipinski definition) is 2. The number of carbonyl (C=O) groups excluding carboxylic acids is 1. The Balaban J connectivity index is 1.64. The number of nitrogen functional groups attached to an aromatic ring is 1. The van der Waals surface area contributed by atoms with Gasteiger partial charge in [-0.25, -0.2) is 5.84 Å². The number of carbonyl (C=O) groups is 1. The molecule has 1 amide bonds. The standard InChI is InChI=1S/C16H21N5O/c1-20-14(11-2-4-12(5-3-11)16(22)18-17)15-13(19-20)10-6-8-21(15)9-7-10/h2-5,10,14-15H,6-9,17H2,1H3,(H,18,22). The zero-order chi connectivity index (χ0) is 15.3. The second-order valence-corrected chi connectivity index (χ2v) is 6.39. The molecule has 1 aromatic carbocycles. The second-order valence-electron chi connectivity index (χ2n) is 6.39. The zero-order valence-electron chi connectivity index (χ0n) is 12.7. The highest BCUT2D eigenvalue weighted by Gasteiger charge is 2.48. The van der Waals surface area contributed by atoms with Crippen molar-refractivity contribution < 1.29 is 4.79 Å². The fourth-order valence-corrected chi connectivity index (χ4v) is 4.17. The molecule has 5 rings (SSSR count). The van der Waals surface area contributed by atoms with Gasteiger partial charge in [-0.2, -0.15) is 5.10 Å². The number of fused-ring (bicyclic) bond motifs is 2. The molecule has 6 heteroatoms. The maximum atomic E-state index is 11.6. The molecule has 1 aromatic rings. The van der Waals surface area contributed by atoms with Crippen LogP contribution in [0.15, 0.2) is 29.4 Å². The third-order valence-corrected chi connectivity index (χ3v) is 5.26. The highest BCUT2D eigenvalue weighted by Crippen LogP contribution is 2.42. The van der Waals surface area contributed by atoms with Gasteiger partial charge in [0.25, 0.3) is 5.91 Å². The molecule has 2 bridgehead atoms. The van der Waals surface area contributed by atoms with Crippen LogP contribution in [0.3, 0.4) is 0 Å². The SMILES string of the molecule is CN1N=C2C3CCN(CC3)C2C1c1ccc(C(=O)NN)cc1. The summed E-state index contributed by atoms with van der Waals surface area (Å²) in [5.74, 6) is 5.58. The van der Waals surface area contributed by atoms with E-state index >= 15 is 0 Å². The summed E-state index contributed by atoms with van der Waals surface area (Å²) in [6.45, 7) is 2.35. The van der Waals surface area contributed by atoms with Crippen molar-refractivity contribution in [2.75, 3.05) is 20.1 Å². The largest absolute Gasteiger partial charge is 0.293 e. The molecule has 2 atom stereocenters. The van der Waals surface area contributed by atoms with Crippen molar-refractivity contribution >= 4 is 11.6 Å². The van der Waals surface area contributed by atoms with Crippen LogP contribution >= 0.6 is 0 Å². The van der Waals surface area contributed by atoms with Crippen molar-refractivity contribution in [3.8, 4) is 0 Å². The van der Waals surface area contributed by atoms with Crippen molar-refractivity contribution in [2.45, 2.75) is 24.9 Å². The van der Waals surface area contributed by atoms with Crippen molar-refractivity contribution in [2.24, 2.45) is 16.9 Å². The van der Waals surface area contributed by atoms with Crippen LogP contribution in [0, 0.1) is 5.92 Å². The van der Waals surface area contributed by atoms with Gasteiger partial charge in [0.15, 0.2) is 0 Å². The van der Waals surface area contributed by atoms with Gasteiger partial charge >= 0.3 is 0 Å². The number of nitrogens with one attached hydrogen (secondary N) is 1. The lowest BCUT2D eigenvalue weighted by atomic mass is 9.78. The van der Waals surface area contributed by atoms with Gasteiger partial charge in [0.05, 0.1) is 17.8 Å². The number of likely N-dealkylation sites (N-methyl/N-ethyl adjacent to an activating group) is 1. The third-order valence-electron chi connectivity index (χ3n) is 5.26. The fourth-order valence-electron chi connectivity index (χ4n) is 4.17. The molecule has 2 unspecified atom stereocenters. The molecule has 116 valence electrons. The molecule has 3 saturated heterocycles. The molecule has 0 aliphatic carbocycles. The molecule has 0 saturated carbocycles. The summed E-state index contributed by atoms with van der Waals surface area (Å²) in [5, 5.41) is 6.93. The highest BCUT2D eigenvalue weighted by molar-refractivity contribution is 5.95. The van der Waals surface area contributed by atoms with Gasteiger partial charge in [0.2, 0.25) is 0 Å². The molecule has 3 fully saturated rings. The number of benzene rings is 1. The quantitative estimate of drug-likeness (QED) is 0.479. The molecule has 0 radical (unpaired) electrons. The van der Waals surface area contributed by atoms with E-state index in [0.29, 0.717) is 17.5 Å². The lowest BCUT2D eigenvalue weighted by molar-refractivity contribution is 0.0953. The van der Waals surface area contributed by atoms with Crippen molar-refractivity contribution in [3.63, 3.8) is 0 Å². The topological polar surface area (TPSA) is 74.0 Å². The predicted molar refractivity (Wildman–Crippen MR) is 84.1 cm³/mol. The molecule has 0 spiro atoms.